The van der Waals surface area contributed by atoms with Crippen molar-refractivity contribution in [1.82, 2.24) is 0 Å². The molecule has 6 heteroatoms. The largest absolute Gasteiger partial charge is 0.392 e. The second-order valence-corrected chi connectivity index (χ2v) is 4.86. The van der Waals surface area contributed by atoms with Crippen LogP contribution in [0, 0.1) is 11.6 Å². The van der Waals surface area contributed by atoms with E-state index < -0.39 is 23.5 Å². The Morgan fingerprint density at radius 3 is 2.19 bits per heavy atom. The van der Waals surface area contributed by atoms with E-state index in [1.807, 2.05) is 0 Å². The molecular weight excluding hydrogens is 294 g/mol. The highest BCUT2D eigenvalue weighted by atomic mass is 32.1. The molecule has 2 aromatic rings. The van der Waals surface area contributed by atoms with Crippen LogP contribution in [0.4, 0.5) is 14.5 Å². The van der Waals surface area contributed by atoms with Gasteiger partial charge in [-0.1, -0.05) is 42.5 Å². The maximum atomic E-state index is 13.1. The molecule has 2 aromatic carbocycles. The summed E-state index contributed by atoms with van der Waals surface area (Å²) in [6.45, 7) is 0. The Morgan fingerprint density at radius 2 is 1.67 bits per heavy atom. The fourth-order valence-corrected chi connectivity index (χ4v) is 2.17. The number of anilines is 1. The maximum absolute atomic E-state index is 13.1. The first-order chi connectivity index (χ1) is 9.97. The minimum atomic E-state index is -0.868. The quantitative estimate of drug-likeness (QED) is 0.854. The molecule has 0 aromatic heterocycles. The lowest BCUT2D eigenvalue weighted by Gasteiger charge is -2.16. The summed E-state index contributed by atoms with van der Waals surface area (Å²) in [5.41, 5.74) is 6.23. The van der Waals surface area contributed by atoms with Gasteiger partial charge in [-0.05, 0) is 17.7 Å². The third-order valence-electron chi connectivity index (χ3n) is 2.81. The Labute approximate surface area is 125 Å². The first-order valence-electron chi connectivity index (χ1n) is 6.08. The molecule has 0 aliphatic carbocycles. The average molecular weight is 306 g/mol. The van der Waals surface area contributed by atoms with Crippen molar-refractivity contribution < 1.29 is 13.6 Å². The Balaban J connectivity index is 2.26. The van der Waals surface area contributed by atoms with Crippen LogP contribution in [-0.4, -0.2) is 10.9 Å². The molecule has 0 spiro atoms. The van der Waals surface area contributed by atoms with Gasteiger partial charge in [0.15, 0.2) is 0 Å². The molecule has 21 heavy (non-hydrogen) atoms. The number of rotatable bonds is 4. The van der Waals surface area contributed by atoms with Crippen LogP contribution in [0.1, 0.15) is 11.5 Å². The van der Waals surface area contributed by atoms with E-state index in [0.717, 1.165) is 18.2 Å². The van der Waals surface area contributed by atoms with E-state index in [2.05, 4.69) is 5.32 Å². The van der Waals surface area contributed by atoms with Crippen LogP contribution in [0.5, 0.6) is 0 Å². The number of carbonyl (C=O) groups is 1. The van der Waals surface area contributed by atoms with Crippen LogP contribution in [0.2, 0.25) is 0 Å². The number of hydrogen-bond donors (Lipinski definition) is 2. The lowest BCUT2D eigenvalue weighted by molar-refractivity contribution is -0.116. The van der Waals surface area contributed by atoms with Crippen molar-refractivity contribution in [2.75, 3.05) is 5.32 Å². The SMILES string of the molecule is NC(=S)C(C(=O)Nc1cc(F)cc(F)c1)c1ccccc1. The van der Waals surface area contributed by atoms with Crippen molar-refractivity contribution in [1.29, 1.82) is 0 Å². The minimum Gasteiger partial charge on any atom is -0.392 e. The number of nitrogens with two attached hydrogens (primary N) is 1. The molecule has 0 radical (unpaired) electrons. The molecule has 0 aliphatic heterocycles. The van der Waals surface area contributed by atoms with Gasteiger partial charge in [-0.25, -0.2) is 8.78 Å². The van der Waals surface area contributed by atoms with Gasteiger partial charge >= 0.3 is 0 Å². The van der Waals surface area contributed by atoms with E-state index in [-0.39, 0.29) is 10.7 Å². The van der Waals surface area contributed by atoms with E-state index in [1.165, 1.54) is 0 Å². The van der Waals surface area contributed by atoms with Gasteiger partial charge in [0.2, 0.25) is 5.91 Å². The molecule has 0 saturated carbocycles. The van der Waals surface area contributed by atoms with Gasteiger partial charge in [0.25, 0.3) is 0 Å². The molecule has 108 valence electrons. The average Bonchev–Trinajstić information content (AvgIpc) is 2.38. The molecule has 3 nitrogen and oxygen atoms in total. The summed E-state index contributed by atoms with van der Waals surface area (Å²) < 4.78 is 26.2. The summed E-state index contributed by atoms with van der Waals surface area (Å²) in [5.74, 6) is -2.97. The first kappa shape index (κ1) is 15.1. The van der Waals surface area contributed by atoms with Crippen LogP contribution in [0.3, 0.4) is 0 Å². The molecule has 0 bridgehead atoms. The number of nitrogens with one attached hydrogen (secondary N) is 1. The standard InChI is InChI=1S/C15H12F2N2OS/c16-10-6-11(17)8-12(7-10)19-15(20)13(14(18)21)9-4-2-1-3-5-9/h1-8,13H,(H2,18,21)(H,19,20). The highest BCUT2D eigenvalue weighted by molar-refractivity contribution is 7.80. The summed E-state index contributed by atoms with van der Waals surface area (Å²) in [7, 11) is 0. The van der Waals surface area contributed by atoms with Crippen LogP contribution < -0.4 is 11.1 Å². The van der Waals surface area contributed by atoms with E-state index in [9.17, 15) is 13.6 Å². The zero-order valence-electron chi connectivity index (χ0n) is 10.8. The second-order valence-electron chi connectivity index (χ2n) is 4.39. The van der Waals surface area contributed by atoms with Gasteiger partial charge in [0.05, 0.1) is 4.99 Å². The van der Waals surface area contributed by atoms with E-state index in [4.69, 9.17) is 18.0 Å². The first-order valence-corrected chi connectivity index (χ1v) is 6.49. The number of halogens is 2. The summed E-state index contributed by atoms with van der Waals surface area (Å²) in [6, 6.07) is 11.4. The number of amides is 1. The molecule has 0 aliphatic rings. The summed E-state index contributed by atoms with van der Waals surface area (Å²) in [6.07, 6.45) is 0. The molecule has 2 rings (SSSR count). The maximum Gasteiger partial charge on any atom is 0.238 e. The molecular formula is C15H12F2N2OS. The molecule has 1 atom stereocenters. The predicted octanol–water partition coefficient (Wildman–Crippen LogP) is 2.97. The van der Waals surface area contributed by atoms with E-state index in [0.29, 0.717) is 5.56 Å². The molecule has 1 amide bonds. The van der Waals surface area contributed by atoms with Crippen molar-refractivity contribution in [3.63, 3.8) is 0 Å². The minimum absolute atomic E-state index is 0.00896. The lowest BCUT2D eigenvalue weighted by atomic mass is 9.98. The van der Waals surface area contributed by atoms with E-state index in [1.54, 1.807) is 30.3 Å². The Kier molecular flexibility index (Phi) is 4.59. The molecule has 3 N–H and O–H groups in total. The van der Waals surface area contributed by atoms with Crippen molar-refractivity contribution in [2.24, 2.45) is 5.73 Å². The summed E-state index contributed by atoms with van der Waals surface area (Å²) in [4.78, 5) is 12.2. The summed E-state index contributed by atoms with van der Waals surface area (Å²) in [5, 5.41) is 2.42. The Hall–Kier alpha value is -2.34. The Morgan fingerprint density at radius 1 is 1.10 bits per heavy atom. The van der Waals surface area contributed by atoms with Crippen LogP contribution in [-0.2, 0) is 4.79 Å². The molecule has 0 heterocycles. The van der Waals surface area contributed by atoms with Crippen LogP contribution >= 0.6 is 12.2 Å². The number of thiocarbonyl (C=S) groups is 1. The second kappa shape index (κ2) is 6.41. The summed E-state index contributed by atoms with van der Waals surface area (Å²) >= 11 is 4.91. The molecule has 1 unspecified atom stereocenters. The van der Waals surface area contributed by atoms with Gasteiger partial charge in [0.1, 0.15) is 17.6 Å². The third-order valence-corrected chi connectivity index (χ3v) is 3.05. The monoisotopic (exact) mass is 306 g/mol. The highest BCUT2D eigenvalue weighted by Gasteiger charge is 2.23. The number of benzene rings is 2. The van der Waals surface area contributed by atoms with Crippen LogP contribution in [0.25, 0.3) is 0 Å². The highest BCUT2D eigenvalue weighted by Crippen LogP contribution is 2.20. The topological polar surface area (TPSA) is 55.1 Å². The predicted molar refractivity (Wildman–Crippen MR) is 81.0 cm³/mol. The lowest BCUT2D eigenvalue weighted by Crippen LogP contribution is -2.31. The van der Waals surface area contributed by atoms with Crippen molar-refractivity contribution in [2.45, 2.75) is 5.92 Å². The third kappa shape index (κ3) is 3.82. The van der Waals surface area contributed by atoms with Gasteiger partial charge in [-0.2, -0.15) is 0 Å². The fraction of sp³-hybridized carbons (Fsp3) is 0.0667. The zero-order valence-corrected chi connectivity index (χ0v) is 11.7. The molecule has 0 fully saturated rings. The Bertz CT molecular complexity index is 656. The number of hydrogen-bond acceptors (Lipinski definition) is 2. The van der Waals surface area contributed by atoms with E-state index >= 15 is 0 Å². The van der Waals surface area contributed by atoms with Crippen LogP contribution in [0.15, 0.2) is 48.5 Å². The van der Waals surface area contributed by atoms with Gasteiger partial charge in [-0.15, -0.1) is 0 Å². The van der Waals surface area contributed by atoms with Crippen molar-refractivity contribution >= 4 is 28.8 Å². The van der Waals surface area contributed by atoms with Crippen molar-refractivity contribution in [3.8, 4) is 0 Å². The van der Waals surface area contributed by atoms with Crippen molar-refractivity contribution in [3.05, 3.63) is 65.7 Å². The van der Waals surface area contributed by atoms with Gasteiger partial charge in [-0.3, -0.25) is 4.79 Å². The zero-order chi connectivity index (χ0) is 15.4. The van der Waals surface area contributed by atoms with Gasteiger partial charge in [0, 0.05) is 11.8 Å². The normalized spacial score (nSPS) is 11.7. The van der Waals surface area contributed by atoms with Gasteiger partial charge < -0.3 is 11.1 Å². The fourth-order valence-electron chi connectivity index (χ4n) is 1.93. The smallest absolute Gasteiger partial charge is 0.238 e. The molecule has 0 saturated heterocycles. The number of carbonyl (C=O) groups excluding carboxylic acids is 1.